The third-order valence-corrected chi connectivity index (χ3v) is 1.42. The van der Waals surface area contributed by atoms with Crippen molar-refractivity contribution in [3.63, 3.8) is 0 Å². The summed E-state index contributed by atoms with van der Waals surface area (Å²) in [6.45, 7) is 4.67. The molecule has 0 atom stereocenters. The van der Waals surface area contributed by atoms with Crippen LogP contribution < -0.4 is 5.73 Å². The lowest BCUT2D eigenvalue weighted by molar-refractivity contribution is 0.493. The molecule has 0 aromatic carbocycles. The van der Waals surface area contributed by atoms with Crippen molar-refractivity contribution in [1.82, 2.24) is 20.2 Å². The molecule has 0 aliphatic heterocycles. The first kappa shape index (κ1) is 8.13. The number of hydrogen-bond donors (Lipinski definition) is 1. The quantitative estimate of drug-likeness (QED) is 0.653. The zero-order chi connectivity index (χ0) is 8.27. The Bertz CT molecular complexity index is 217. The van der Waals surface area contributed by atoms with Crippen molar-refractivity contribution in [1.29, 1.82) is 0 Å². The van der Waals surface area contributed by atoms with Gasteiger partial charge in [0.05, 0.1) is 6.04 Å². The van der Waals surface area contributed by atoms with Crippen molar-refractivity contribution in [3.05, 3.63) is 5.82 Å². The molecule has 0 bridgehead atoms. The molecular weight excluding hydrogens is 142 g/mol. The van der Waals surface area contributed by atoms with E-state index in [1.54, 1.807) is 4.68 Å². The molecule has 1 aromatic rings. The first-order valence-corrected chi connectivity index (χ1v) is 3.72. The third-order valence-electron chi connectivity index (χ3n) is 1.42. The van der Waals surface area contributed by atoms with E-state index in [1.807, 2.05) is 13.8 Å². The minimum atomic E-state index is 0.312. The Balaban J connectivity index is 2.78. The van der Waals surface area contributed by atoms with E-state index in [0.717, 1.165) is 12.2 Å². The SMILES string of the molecule is CC(C)n1nnnc1CCN. The van der Waals surface area contributed by atoms with Gasteiger partial charge in [0.15, 0.2) is 5.82 Å². The van der Waals surface area contributed by atoms with Gasteiger partial charge in [0.2, 0.25) is 0 Å². The predicted octanol–water partition coefficient (Wildman–Crippen LogP) is -0.245. The topological polar surface area (TPSA) is 69.6 Å². The standard InChI is InChI=1S/C6H13N5/c1-5(2)11-6(3-4-7)8-9-10-11/h5H,3-4,7H2,1-2H3. The van der Waals surface area contributed by atoms with Crippen LogP contribution in [0.4, 0.5) is 0 Å². The van der Waals surface area contributed by atoms with E-state index in [4.69, 9.17) is 5.73 Å². The van der Waals surface area contributed by atoms with Crippen molar-refractivity contribution in [3.8, 4) is 0 Å². The average molecular weight is 155 g/mol. The molecule has 1 heterocycles. The van der Waals surface area contributed by atoms with Crippen molar-refractivity contribution >= 4 is 0 Å². The minimum absolute atomic E-state index is 0.312. The molecule has 0 unspecified atom stereocenters. The first-order valence-electron chi connectivity index (χ1n) is 3.72. The average Bonchev–Trinajstić information content (AvgIpc) is 2.36. The Kier molecular flexibility index (Phi) is 2.53. The third kappa shape index (κ3) is 1.74. The highest BCUT2D eigenvalue weighted by molar-refractivity contribution is 4.82. The first-order chi connectivity index (χ1) is 5.25. The van der Waals surface area contributed by atoms with Crippen LogP contribution in [0.1, 0.15) is 25.7 Å². The highest BCUT2D eigenvalue weighted by Gasteiger charge is 2.06. The van der Waals surface area contributed by atoms with Crippen LogP contribution in [0.5, 0.6) is 0 Å². The minimum Gasteiger partial charge on any atom is -0.330 e. The van der Waals surface area contributed by atoms with Crippen LogP contribution in [-0.2, 0) is 6.42 Å². The second kappa shape index (κ2) is 3.43. The normalized spacial score (nSPS) is 10.9. The Morgan fingerprint density at radius 1 is 1.55 bits per heavy atom. The van der Waals surface area contributed by atoms with E-state index < -0.39 is 0 Å². The molecular formula is C6H13N5. The smallest absolute Gasteiger partial charge is 0.152 e. The number of aromatic nitrogens is 4. The summed E-state index contributed by atoms with van der Waals surface area (Å²) >= 11 is 0. The monoisotopic (exact) mass is 155 g/mol. The lowest BCUT2D eigenvalue weighted by atomic mass is 10.3. The fourth-order valence-electron chi connectivity index (χ4n) is 0.907. The molecule has 0 amide bonds. The fraction of sp³-hybridized carbons (Fsp3) is 0.833. The summed E-state index contributed by atoms with van der Waals surface area (Å²) in [5.74, 6) is 0.863. The number of nitrogens with zero attached hydrogens (tertiary/aromatic N) is 4. The van der Waals surface area contributed by atoms with Gasteiger partial charge in [-0.2, -0.15) is 0 Å². The number of nitrogens with two attached hydrogens (primary N) is 1. The van der Waals surface area contributed by atoms with Gasteiger partial charge in [-0.25, -0.2) is 4.68 Å². The van der Waals surface area contributed by atoms with Gasteiger partial charge in [-0.3, -0.25) is 0 Å². The van der Waals surface area contributed by atoms with Crippen LogP contribution in [0, 0.1) is 0 Å². The molecule has 0 saturated heterocycles. The Morgan fingerprint density at radius 2 is 2.27 bits per heavy atom. The Hall–Kier alpha value is -0.970. The van der Waals surface area contributed by atoms with Crippen molar-refractivity contribution < 1.29 is 0 Å². The summed E-state index contributed by atoms with van der Waals surface area (Å²) in [4.78, 5) is 0. The second-order valence-electron chi connectivity index (χ2n) is 2.67. The van der Waals surface area contributed by atoms with Gasteiger partial charge < -0.3 is 5.73 Å². The molecule has 5 nitrogen and oxygen atoms in total. The van der Waals surface area contributed by atoms with Crippen molar-refractivity contribution in [2.75, 3.05) is 6.54 Å². The van der Waals surface area contributed by atoms with Crippen LogP contribution in [-0.4, -0.2) is 26.8 Å². The Labute approximate surface area is 65.6 Å². The van der Waals surface area contributed by atoms with Gasteiger partial charge in [0.25, 0.3) is 0 Å². The van der Waals surface area contributed by atoms with Gasteiger partial charge in [-0.05, 0) is 30.8 Å². The van der Waals surface area contributed by atoms with Gasteiger partial charge in [0, 0.05) is 6.42 Å². The maximum Gasteiger partial charge on any atom is 0.152 e. The second-order valence-corrected chi connectivity index (χ2v) is 2.67. The van der Waals surface area contributed by atoms with E-state index in [9.17, 15) is 0 Å². The fourth-order valence-corrected chi connectivity index (χ4v) is 0.907. The van der Waals surface area contributed by atoms with Crippen LogP contribution >= 0.6 is 0 Å². The molecule has 62 valence electrons. The van der Waals surface area contributed by atoms with Crippen LogP contribution in [0.2, 0.25) is 0 Å². The van der Waals surface area contributed by atoms with E-state index >= 15 is 0 Å². The molecule has 1 aromatic heterocycles. The zero-order valence-electron chi connectivity index (χ0n) is 6.86. The van der Waals surface area contributed by atoms with Crippen LogP contribution in [0.15, 0.2) is 0 Å². The van der Waals surface area contributed by atoms with E-state index in [0.29, 0.717) is 12.6 Å². The molecule has 0 aliphatic rings. The highest BCUT2D eigenvalue weighted by atomic mass is 15.5. The molecule has 2 N–H and O–H groups in total. The predicted molar refractivity (Wildman–Crippen MR) is 41.0 cm³/mol. The molecule has 0 aliphatic carbocycles. The van der Waals surface area contributed by atoms with Gasteiger partial charge in [-0.15, -0.1) is 5.10 Å². The van der Waals surface area contributed by atoms with Gasteiger partial charge in [-0.1, -0.05) is 0 Å². The summed E-state index contributed by atoms with van der Waals surface area (Å²) < 4.78 is 1.78. The van der Waals surface area contributed by atoms with Crippen molar-refractivity contribution in [2.45, 2.75) is 26.3 Å². The van der Waals surface area contributed by atoms with E-state index in [-0.39, 0.29) is 0 Å². The molecule has 0 spiro atoms. The lowest BCUT2D eigenvalue weighted by Gasteiger charge is -2.05. The summed E-state index contributed by atoms with van der Waals surface area (Å²) in [6.07, 6.45) is 0.741. The molecule has 1 rings (SSSR count). The molecule has 0 fully saturated rings. The lowest BCUT2D eigenvalue weighted by Crippen LogP contribution is -2.12. The zero-order valence-corrected chi connectivity index (χ0v) is 6.86. The molecule has 0 radical (unpaired) electrons. The number of tetrazole rings is 1. The Morgan fingerprint density at radius 3 is 2.82 bits per heavy atom. The molecule has 5 heteroatoms. The van der Waals surface area contributed by atoms with Gasteiger partial charge >= 0.3 is 0 Å². The molecule has 11 heavy (non-hydrogen) atoms. The molecule has 0 saturated carbocycles. The maximum absolute atomic E-state index is 5.38. The van der Waals surface area contributed by atoms with E-state index in [2.05, 4.69) is 15.5 Å². The number of rotatable bonds is 3. The summed E-state index contributed by atoms with van der Waals surface area (Å²) in [5.41, 5.74) is 5.38. The summed E-state index contributed by atoms with van der Waals surface area (Å²) in [7, 11) is 0. The summed E-state index contributed by atoms with van der Waals surface area (Å²) in [6, 6.07) is 0.312. The van der Waals surface area contributed by atoms with E-state index in [1.165, 1.54) is 0 Å². The summed E-state index contributed by atoms with van der Waals surface area (Å²) in [5, 5.41) is 11.3. The van der Waals surface area contributed by atoms with Gasteiger partial charge in [0.1, 0.15) is 0 Å². The highest BCUT2D eigenvalue weighted by Crippen LogP contribution is 2.03. The van der Waals surface area contributed by atoms with Crippen molar-refractivity contribution in [2.24, 2.45) is 5.73 Å². The van der Waals surface area contributed by atoms with Crippen LogP contribution in [0.25, 0.3) is 0 Å². The number of hydrogen-bond acceptors (Lipinski definition) is 4. The maximum atomic E-state index is 5.38. The largest absolute Gasteiger partial charge is 0.330 e. The van der Waals surface area contributed by atoms with Crippen LogP contribution in [0.3, 0.4) is 0 Å².